The highest BCUT2D eigenvalue weighted by molar-refractivity contribution is 6.11. The number of aromatic nitrogens is 1. The summed E-state index contributed by atoms with van der Waals surface area (Å²) in [6.45, 7) is 7.05. The molecule has 4 atom stereocenters. The van der Waals surface area contributed by atoms with Gasteiger partial charge in [-0.25, -0.2) is 0 Å². The van der Waals surface area contributed by atoms with Gasteiger partial charge in [0.25, 0.3) is 0 Å². The minimum atomic E-state index is -1.02. The molecule has 0 radical (unpaired) electrons. The summed E-state index contributed by atoms with van der Waals surface area (Å²) in [5.74, 6) is -0.404. The van der Waals surface area contributed by atoms with Gasteiger partial charge in [-0.2, -0.15) is 0 Å². The Bertz CT molecular complexity index is 1030. The van der Waals surface area contributed by atoms with Crippen LogP contribution in [-0.2, 0) is 9.53 Å². The van der Waals surface area contributed by atoms with Gasteiger partial charge in [0.15, 0.2) is 5.78 Å². The molecule has 2 aromatic rings. The van der Waals surface area contributed by atoms with Crippen LogP contribution in [0.2, 0.25) is 0 Å². The lowest BCUT2D eigenvalue weighted by Gasteiger charge is -2.39. The summed E-state index contributed by atoms with van der Waals surface area (Å²) in [5, 5.41) is 9.36. The van der Waals surface area contributed by atoms with Crippen molar-refractivity contribution in [3.8, 4) is 0 Å². The predicted octanol–water partition coefficient (Wildman–Crippen LogP) is 4.44. The van der Waals surface area contributed by atoms with Crippen molar-refractivity contribution in [3.63, 3.8) is 0 Å². The van der Waals surface area contributed by atoms with E-state index in [4.69, 9.17) is 20.9 Å². The van der Waals surface area contributed by atoms with E-state index in [0.717, 1.165) is 55.6 Å². The average Bonchev–Trinajstić information content (AvgIpc) is 2.81. The average molecular weight is 449 g/mol. The molecule has 2 heterocycles. The minimum absolute atomic E-state index is 0.00991. The van der Waals surface area contributed by atoms with Crippen molar-refractivity contribution >= 4 is 22.5 Å². The first-order chi connectivity index (χ1) is 15.9. The smallest absolute Gasteiger partial charge is 0.159 e. The molecule has 33 heavy (non-hydrogen) atoms. The number of allylic oxidation sites excluding steroid dienone is 1. The Labute approximate surface area is 196 Å². The number of amidine groups is 1. The number of benzene rings is 1. The van der Waals surface area contributed by atoms with Crippen LogP contribution < -0.4 is 5.73 Å². The van der Waals surface area contributed by atoms with E-state index in [2.05, 4.69) is 18.7 Å². The van der Waals surface area contributed by atoms with E-state index in [0.29, 0.717) is 24.9 Å². The van der Waals surface area contributed by atoms with Crippen LogP contribution in [0.5, 0.6) is 0 Å². The number of pyridine rings is 1. The lowest BCUT2D eigenvalue weighted by atomic mass is 9.68. The SMILES string of the molecule is CC1COCC(C)N1CCCCCC1(C(=N)N)C=CCC(c2ccc3ccccc3n2)C1=O. The number of unbranched alkanes of at least 4 members (excludes halogenated alkanes) is 2. The summed E-state index contributed by atoms with van der Waals surface area (Å²) >= 11 is 0. The quantitative estimate of drug-likeness (QED) is 0.270. The molecule has 1 saturated heterocycles. The molecule has 1 aromatic carbocycles. The van der Waals surface area contributed by atoms with Gasteiger partial charge in [-0.05, 0) is 51.8 Å². The minimum Gasteiger partial charge on any atom is -0.387 e. The number of nitrogens with zero attached hydrogens (tertiary/aromatic N) is 2. The lowest BCUT2D eigenvalue weighted by Crippen LogP contribution is -2.49. The first-order valence-corrected chi connectivity index (χ1v) is 12.2. The van der Waals surface area contributed by atoms with Crippen LogP contribution in [0.15, 0.2) is 48.6 Å². The number of nitrogens with two attached hydrogens (primary N) is 1. The fourth-order valence-electron chi connectivity index (χ4n) is 5.35. The Morgan fingerprint density at radius 1 is 1.15 bits per heavy atom. The summed E-state index contributed by atoms with van der Waals surface area (Å²) in [7, 11) is 0. The number of rotatable bonds is 8. The molecule has 1 aromatic heterocycles. The zero-order chi connectivity index (χ0) is 23.4. The molecule has 0 bridgehead atoms. The maximum atomic E-state index is 13.7. The second-order valence-electron chi connectivity index (χ2n) is 9.65. The van der Waals surface area contributed by atoms with Crippen LogP contribution in [0.25, 0.3) is 10.9 Å². The number of hydrogen-bond donors (Lipinski definition) is 2. The number of hydrogen-bond acceptors (Lipinski definition) is 5. The molecule has 3 N–H and O–H groups in total. The van der Waals surface area contributed by atoms with Crippen molar-refractivity contribution in [2.45, 2.75) is 64.0 Å². The van der Waals surface area contributed by atoms with Crippen molar-refractivity contribution < 1.29 is 9.53 Å². The van der Waals surface area contributed by atoms with Gasteiger partial charge in [0, 0.05) is 17.5 Å². The highest BCUT2D eigenvalue weighted by atomic mass is 16.5. The van der Waals surface area contributed by atoms with Crippen LogP contribution >= 0.6 is 0 Å². The molecule has 1 aliphatic heterocycles. The maximum absolute atomic E-state index is 13.7. The van der Waals surface area contributed by atoms with E-state index in [1.54, 1.807) is 0 Å². The Balaban J connectivity index is 1.41. The van der Waals surface area contributed by atoms with Crippen molar-refractivity contribution in [2.24, 2.45) is 11.1 Å². The van der Waals surface area contributed by atoms with Gasteiger partial charge < -0.3 is 10.5 Å². The van der Waals surface area contributed by atoms with Crippen LogP contribution in [0, 0.1) is 10.8 Å². The summed E-state index contributed by atoms with van der Waals surface area (Å²) < 4.78 is 5.62. The summed E-state index contributed by atoms with van der Waals surface area (Å²) in [6.07, 6.45) is 8.01. The van der Waals surface area contributed by atoms with Gasteiger partial charge in [-0.3, -0.25) is 20.1 Å². The van der Waals surface area contributed by atoms with E-state index in [9.17, 15) is 4.79 Å². The molecule has 0 spiro atoms. The first kappa shape index (κ1) is 23.6. The Morgan fingerprint density at radius 3 is 2.67 bits per heavy atom. The zero-order valence-corrected chi connectivity index (χ0v) is 19.8. The zero-order valence-electron chi connectivity index (χ0n) is 19.8. The van der Waals surface area contributed by atoms with Crippen molar-refractivity contribution in [2.75, 3.05) is 19.8 Å². The number of para-hydroxylation sites is 1. The van der Waals surface area contributed by atoms with E-state index >= 15 is 0 Å². The number of morpholine rings is 1. The molecule has 2 aliphatic rings. The molecule has 176 valence electrons. The molecule has 6 nitrogen and oxygen atoms in total. The van der Waals surface area contributed by atoms with Crippen LogP contribution in [0.1, 0.15) is 57.6 Å². The fourth-order valence-corrected chi connectivity index (χ4v) is 5.35. The Morgan fingerprint density at radius 2 is 1.91 bits per heavy atom. The third kappa shape index (κ3) is 4.87. The number of nitrogens with one attached hydrogen (secondary N) is 1. The third-order valence-corrected chi connectivity index (χ3v) is 7.33. The van der Waals surface area contributed by atoms with Gasteiger partial charge in [0.2, 0.25) is 0 Å². The van der Waals surface area contributed by atoms with Gasteiger partial charge in [-0.1, -0.05) is 49.3 Å². The fraction of sp³-hybridized carbons (Fsp3) is 0.519. The van der Waals surface area contributed by atoms with Crippen LogP contribution in [0.3, 0.4) is 0 Å². The van der Waals surface area contributed by atoms with Crippen LogP contribution in [0.4, 0.5) is 0 Å². The maximum Gasteiger partial charge on any atom is 0.159 e. The largest absolute Gasteiger partial charge is 0.387 e. The molecule has 1 aliphatic carbocycles. The molecular weight excluding hydrogens is 412 g/mol. The monoisotopic (exact) mass is 448 g/mol. The van der Waals surface area contributed by atoms with Gasteiger partial charge in [0.05, 0.1) is 30.3 Å². The van der Waals surface area contributed by atoms with E-state index in [-0.39, 0.29) is 17.5 Å². The molecular formula is C27H36N4O2. The van der Waals surface area contributed by atoms with Gasteiger partial charge in [-0.15, -0.1) is 0 Å². The summed E-state index contributed by atoms with van der Waals surface area (Å²) in [4.78, 5) is 21.0. The lowest BCUT2D eigenvalue weighted by molar-refractivity contribution is -0.126. The molecule has 1 fully saturated rings. The molecule has 0 saturated carbocycles. The van der Waals surface area contributed by atoms with Crippen molar-refractivity contribution in [1.29, 1.82) is 5.41 Å². The second kappa shape index (κ2) is 10.1. The van der Waals surface area contributed by atoms with Gasteiger partial charge >= 0.3 is 0 Å². The molecule has 4 unspecified atom stereocenters. The topological polar surface area (TPSA) is 92.3 Å². The molecule has 0 amide bonds. The number of carbonyl (C=O) groups is 1. The Hall–Kier alpha value is -2.57. The third-order valence-electron chi connectivity index (χ3n) is 7.33. The second-order valence-corrected chi connectivity index (χ2v) is 9.65. The standard InChI is InChI=1S/C27H36N4O2/c1-19-17-33-18-20(2)31(19)16-7-3-6-14-27(26(28)29)15-8-10-22(25(27)32)24-13-12-21-9-4-5-11-23(21)30-24/h4-5,8-9,11-13,15,19-20,22H,3,6-7,10,14,16-18H2,1-2H3,(H3,28,29). The van der Waals surface area contributed by atoms with Crippen LogP contribution in [-0.4, -0.2) is 53.3 Å². The number of ketones is 1. The highest BCUT2D eigenvalue weighted by Gasteiger charge is 2.45. The number of ether oxygens (including phenoxy) is 1. The number of fused-ring (bicyclic) bond motifs is 1. The highest BCUT2D eigenvalue weighted by Crippen LogP contribution is 2.40. The Kier molecular flexibility index (Phi) is 7.25. The van der Waals surface area contributed by atoms with Gasteiger partial charge in [0.1, 0.15) is 11.3 Å². The molecule has 4 rings (SSSR count). The number of Topliss-reactive ketones (excluding diaryl/α,β-unsaturated/α-hetero) is 1. The number of carbonyl (C=O) groups excluding carboxylic acids is 1. The first-order valence-electron chi connectivity index (χ1n) is 12.2. The van der Waals surface area contributed by atoms with Crippen molar-refractivity contribution in [1.82, 2.24) is 9.88 Å². The normalized spacial score (nSPS) is 28.3. The molecule has 6 heteroatoms. The van der Waals surface area contributed by atoms with E-state index in [1.807, 2.05) is 48.6 Å². The van der Waals surface area contributed by atoms with E-state index < -0.39 is 5.41 Å². The van der Waals surface area contributed by atoms with Crippen molar-refractivity contribution in [3.05, 3.63) is 54.2 Å². The van der Waals surface area contributed by atoms with E-state index in [1.165, 1.54) is 0 Å². The summed E-state index contributed by atoms with van der Waals surface area (Å²) in [6, 6.07) is 12.8. The summed E-state index contributed by atoms with van der Waals surface area (Å²) in [5.41, 5.74) is 6.70. The predicted molar refractivity (Wildman–Crippen MR) is 133 cm³/mol.